The summed E-state index contributed by atoms with van der Waals surface area (Å²) in [5.41, 5.74) is -1.14. The van der Waals surface area contributed by atoms with E-state index in [0.29, 0.717) is 41.6 Å². The Bertz CT molecular complexity index is 1580. The Morgan fingerprint density at radius 2 is 1.86 bits per heavy atom. The Hall–Kier alpha value is -3.21. The van der Waals surface area contributed by atoms with Gasteiger partial charge in [-0.15, -0.1) is 0 Å². The molecule has 1 saturated heterocycles. The lowest BCUT2D eigenvalue weighted by atomic mass is 10.1. The number of nitrogens with zero attached hydrogens (tertiary/aromatic N) is 3. The molecule has 9 nitrogen and oxygen atoms in total. The van der Waals surface area contributed by atoms with Crippen molar-refractivity contribution >= 4 is 33.2 Å². The first-order chi connectivity index (χ1) is 20.8. The highest BCUT2D eigenvalue weighted by atomic mass is 32.2. The summed E-state index contributed by atoms with van der Waals surface area (Å²) in [6.07, 6.45) is 3.52. The van der Waals surface area contributed by atoms with Crippen LogP contribution in [0.5, 0.6) is 5.75 Å². The minimum Gasteiger partial charge on any atom is -0.492 e. The number of hydrogen-bond donors (Lipinski definition) is 3. The second-order valence-electron chi connectivity index (χ2n) is 8.90. The van der Waals surface area contributed by atoms with E-state index in [-0.39, 0.29) is 17.5 Å². The third kappa shape index (κ3) is 7.88. The van der Waals surface area contributed by atoms with Gasteiger partial charge < -0.3 is 15.4 Å². The normalized spacial score (nSPS) is 18.8. The van der Waals surface area contributed by atoms with E-state index in [4.69, 9.17) is 15.7 Å². The zero-order valence-corrected chi connectivity index (χ0v) is 21.5. The van der Waals surface area contributed by atoms with E-state index in [1.54, 1.807) is 48.4 Å². The van der Waals surface area contributed by atoms with Gasteiger partial charge in [0, 0.05) is 46.1 Å². The Morgan fingerprint density at radius 1 is 1.11 bits per heavy atom. The summed E-state index contributed by atoms with van der Waals surface area (Å²) in [5.74, 6) is 1.10. The smallest absolute Gasteiger partial charge is 0.241 e. The molecule has 2 aromatic carbocycles. The van der Waals surface area contributed by atoms with Crippen molar-refractivity contribution in [3.63, 3.8) is 0 Å². The highest BCUT2D eigenvalue weighted by molar-refractivity contribution is 7.89. The Balaban J connectivity index is 1.45. The van der Waals surface area contributed by atoms with Crippen LogP contribution < -0.4 is 20.1 Å². The molecule has 2 heterocycles. The van der Waals surface area contributed by atoms with Gasteiger partial charge in [0.15, 0.2) is 0 Å². The number of aryl methyl sites for hydroxylation is 1. The molecule has 0 spiro atoms. The van der Waals surface area contributed by atoms with E-state index in [1.165, 1.54) is 18.2 Å². The van der Waals surface area contributed by atoms with Gasteiger partial charge in [-0.05, 0) is 95.9 Å². The Morgan fingerprint density at radius 3 is 2.59 bits per heavy atom. The van der Waals surface area contributed by atoms with Crippen molar-refractivity contribution in [2.75, 3.05) is 36.8 Å². The summed E-state index contributed by atoms with van der Waals surface area (Å²) in [4.78, 5) is 10.2. The molecule has 0 amide bonds. The predicted molar refractivity (Wildman–Crippen MR) is 147 cm³/mol. The number of rotatable bonds is 10. The molecule has 3 aromatic rings. The molecule has 10 heteroatoms. The summed E-state index contributed by atoms with van der Waals surface area (Å²) in [6, 6.07) is 12.4. The number of likely N-dealkylation sites (tertiary alicyclic amines) is 1. The molecule has 1 aliphatic rings. The quantitative estimate of drug-likeness (QED) is 0.341. The van der Waals surface area contributed by atoms with Gasteiger partial charge in [-0.3, -0.25) is 4.90 Å². The van der Waals surface area contributed by atoms with Crippen molar-refractivity contribution in [2.45, 2.75) is 50.8 Å². The SMILES string of the molecule is [2H]C([2H])(COc1ccc(Nc2ncc(C)c(Nc3cccc(S(=O)(=O)NC(C)(C([2H])([2H])[2H])C([2H])([2H])[2H])c3)n2)cc1)N1CCCC1. The van der Waals surface area contributed by atoms with Crippen LogP contribution in [0.4, 0.5) is 23.1 Å². The van der Waals surface area contributed by atoms with E-state index in [2.05, 4.69) is 20.6 Å². The number of sulfonamides is 1. The van der Waals surface area contributed by atoms with Crippen molar-refractivity contribution in [3.05, 3.63) is 60.3 Å². The largest absolute Gasteiger partial charge is 0.492 e. The number of aromatic nitrogens is 2. The molecule has 0 unspecified atom stereocenters. The average Bonchev–Trinajstić information content (AvgIpc) is 3.50. The van der Waals surface area contributed by atoms with E-state index >= 15 is 0 Å². The standard InChI is InChI=1S/C27H36N6O3S/c1-20-19-28-26(30-21-10-12-23(13-11-21)36-17-16-33-14-5-6-15-33)31-25(20)29-22-8-7-9-24(18-22)37(34,35)32-27(2,3)4/h7-13,18-19,32H,5-6,14-17H2,1-4H3,(H2,28,29,30,31)/i2D3,3D3,16D2. The molecule has 37 heavy (non-hydrogen) atoms. The number of nitrogens with one attached hydrogen (secondary N) is 3. The van der Waals surface area contributed by atoms with Crippen molar-refractivity contribution in [2.24, 2.45) is 0 Å². The highest BCUT2D eigenvalue weighted by Crippen LogP contribution is 2.24. The number of hydrogen-bond acceptors (Lipinski definition) is 8. The van der Waals surface area contributed by atoms with Crippen molar-refractivity contribution < 1.29 is 24.1 Å². The van der Waals surface area contributed by atoms with Gasteiger partial charge in [0.05, 0.1) is 4.90 Å². The first-order valence-electron chi connectivity index (χ1n) is 15.8. The van der Waals surface area contributed by atoms with Crippen LogP contribution in [0, 0.1) is 6.92 Å². The molecule has 0 radical (unpaired) electrons. The maximum absolute atomic E-state index is 13.1. The summed E-state index contributed by atoms with van der Waals surface area (Å²) >= 11 is 0. The summed E-state index contributed by atoms with van der Waals surface area (Å²) in [5, 5.41) is 6.11. The molecular formula is C27H36N6O3S. The lowest BCUT2D eigenvalue weighted by Crippen LogP contribution is -2.40. The third-order valence-corrected chi connectivity index (χ3v) is 7.01. The summed E-state index contributed by atoms with van der Waals surface area (Å²) < 4.78 is 96.4. The predicted octanol–water partition coefficient (Wildman–Crippen LogP) is 4.82. The van der Waals surface area contributed by atoms with Crippen molar-refractivity contribution in [1.82, 2.24) is 19.6 Å². The van der Waals surface area contributed by atoms with E-state index in [0.717, 1.165) is 19.8 Å². The third-order valence-electron chi connectivity index (χ3n) is 5.46. The second-order valence-corrected chi connectivity index (χ2v) is 10.6. The molecule has 1 aromatic heterocycles. The zero-order valence-electron chi connectivity index (χ0n) is 28.7. The molecule has 4 rings (SSSR count). The summed E-state index contributed by atoms with van der Waals surface area (Å²) in [7, 11) is -4.57. The van der Waals surface area contributed by atoms with Gasteiger partial charge in [-0.2, -0.15) is 4.98 Å². The fourth-order valence-corrected chi connectivity index (χ4v) is 4.88. The number of ether oxygens (including phenoxy) is 1. The lowest BCUT2D eigenvalue weighted by Gasteiger charge is -2.20. The summed E-state index contributed by atoms with van der Waals surface area (Å²) in [6.45, 7) is -3.94. The van der Waals surface area contributed by atoms with E-state index in [1.807, 2.05) is 4.72 Å². The van der Waals surface area contributed by atoms with Crippen molar-refractivity contribution in [1.29, 1.82) is 0 Å². The van der Waals surface area contributed by atoms with Gasteiger partial charge in [0.25, 0.3) is 0 Å². The minimum atomic E-state index is -4.57. The second kappa shape index (κ2) is 11.5. The molecule has 0 bridgehead atoms. The van der Waals surface area contributed by atoms with Crippen LogP contribution in [-0.4, -0.2) is 55.0 Å². The number of benzene rings is 2. The van der Waals surface area contributed by atoms with Crippen molar-refractivity contribution in [3.8, 4) is 5.75 Å². The van der Waals surface area contributed by atoms with Gasteiger partial charge >= 0.3 is 0 Å². The van der Waals surface area contributed by atoms with E-state index < -0.39 is 35.8 Å². The van der Waals surface area contributed by atoms with Gasteiger partial charge in [-0.1, -0.05) is 6.07 Å². The molecule has 0 saturated carbocycles. The maximum Gasteiger partial charge on any atom is 0.241 e. The fraction of sp³-hybridized carbons (Fsp3) is 0.407. The van der Waals surface area contributed by atoms with Gasteiger partial charge in [0.2, 0.25) is 16.0 Å². The maximum atomic E-state index is 13.1. The van der Waals surface area contributed by atoms with Crippen LogP contribution in [0.1, 0.15) is 50.0 Å². The Kier molecular flexibility index (Phi) is 5.61. The fourth-order valence-electron chi connectivity index (χ4n) is 3.68. The Labute approximate surface area is 231 Å². The van der Waals surface area contributed by atoms with Crippen LogP contribution in [0.3, 0.4) is 0 Å². The topological polar surface area (TPSA) is 108 Å². The highest BCUT2D eigenvalue weighted by Gasteiger charge is 2.22. The minimum absolute atomic E-state index is 0.0906. The monoisotopic (exact) mass is 532 g/mol. The van der Waals surface area contributed by atoms with Crippen LogP contribution in [0.2, 0.25) is 0 Å². The van der Waals surface area contributed by atoms with Crippen LogP contribution >= 0.6 is 0 Å². The van der Waals surface area contributed by atoms with E-state index in [9.17, 15) is 8.42 Å². The first kappa shape index (κ1) is 18.1. The van der Waals surface area contributed by atoms with Gasteiger partial charge in [-0.25, -0.2) is 18.1 Å². The van der Waals surface area contributed by atoms with Crippen LogP contribution in [0.25, 0.3) is 0 Å². The molecule has 3 N–H and O–H groups in total. The molecule has 0 aliphatic carbocycles. The van der Waals surface area contributed by atoms with Crippen LogP contribution in [-0.2, 0) is 10.0 Å². The lowest BCUT2D eigenvalue weighted by molar-refractivity contribution is 0.238. The molecule has 0 atom stereocenters. The molecule has 1 aliphatic heterocycles. The zero-order chi connectivity index (χ0) is 33.3. The number of anilines is 4. The molecule has 198 valence electrons. The van der Waals surface area contributed by atoms with Crippen LogP contribution in [0.15, 0.2) is 59.6 Å². The molecule has 1 fully saturated rings. The van der Waals surface area contributed by atoms with Gasteiger partial charge in [0.1, 0.15) is 18.2 Å². The average molecular weight is 533 g/mol. The molecular weight excluding hydrogens is 488 g/mol. The first-order valence-corrected chi connectivity index (χ1v) is 13.3.